The van der Waals surface area contributed by atoms with Crippen molar-refractivity contribution in [1.82, 2.24) is 4.98 Å². The summed E-state index contributed by atoms with van der Waals surface area (Å²) in [6.07, 6.45) is 1.46. The molecule has 108 valence electrons. The summed E-state index contributed by atoms with van der Waals surface area (Å²) in [4.78, 5) is 3.49. The zero-order valence-electron chi connectivity index (χ0n) is 10.5. The largest absolute Gasteiger partial charge is 0.486 e. The van der Waals surface area contributed by atoms with Gasteiger partial charge in [-0.25, -0.2) is 17.8 Å². The fourth-order valence-electron chi connectivity index (χ4n) is 1.56. The van der Waals surface area contributed by atoms with E-state index >= 15 is 0 Å². The molecule has 0 bridgehead atoms. The van der Waals surface area contributed by atoms with Crippen molar-refractivity contribution in [3.63, 3.8) is 0 Å². The van der Waals surface area contributed by atoms with Gasteiger partial charge in [0.2, 0.25) is 0 Å². The van der Waals surface area contributed by atoms with Crippen LogP contribution in [0.1, 0.15) is 11.3 Å². The van der Waals surface area contributed by atoms with Crippen molar-refractivity contribution in [2.45, 2.75) is 11.5 Å². The molecular formula is C13H8ClFN2O3S. The first-order valence-corrected chi connectivity index (χ1v) is 7.94. The van der Waals surface area contributed by atoms with Gasteiger partial charge in [-0.2, -0.15) is 5.26 Å². The van der Waals surface area contributed by atoms with Gasteiger partial charge in [-0.3, -0.25) is 0 Å². The van der Waals surface area contributed by atoms with Crippen LogP contribution in [0.15, 0.2) is 41.4 Å². The van der Waals surface area contributed by atoms with Crippen LogP contribution in [0.2, 0.25) is 0 Å². The van der Waals surface area contributed by atoms with Crippen molar-refractivity contribution < 1.29 is 17.5 Å². The molecule has 0 saturated carbocycles. The molecule has 0 N–H and O–H groups in total. The number of nitriles is 1. The van der Waals surface area contributed by atoms with Crippen LogP contribution in [0.3, 0.4) is 0 Å². The van der Waals surface area contributed by atoms with Gasteiger partial charge in [-0.15, -0.1) is 0 Å². The molecule has 0 aliphatic carbocycles. The van der Waals surface area contributed by atoms with Crippen molar-refractivity contribution >= 4 is 19.7 Å². The highest BCUT2D eigenvalue weighted by atomic mass is 35.7. The molecule has 21 heavy (non-hydrogen) atoms. The first kappa shape index (κ1) is 15.2. The van der Waals surface area contributed by atoms with Gasteiger partial charge in [-0.05, 0) is 24.3 Å². The summed E-state index contributed by atoms with van der Waals surface area (Å²) in [6, 6.07) is 8.21. The van der Waals surface area contributed by atoms with Crippen LogP contribution < -0.4 is 4.74 Å². The second-order valence-electron chi connectivity index (χ2n) is 3.94. The molecule has 0 radical (unpaired) electrons. The van der Waals surface area contributed by atoms with Crippen LogP contribution in [0.4, 0.5) is 4.39 Å². The molecule has 8 heteroatoms. The maximum Gasteiger partial charge on any atom is 0.261 e. The molecule has 0 atom stereocenters. The molecule has 1 heterocycles. The van der Waals surface area contributed by atoms with Crippen LogP contribution in [0.25, 0.3) is 0 Å². The summed E-state index contributed by atoms with van der Waals surface area (Å²) in [5.74, 6) is -1.01. The number of nitrogens with zero attached hydrogens (tertiary/aromatic N) is 2. The third-order valence-electron chi connectivity index (χ3n) is 2.57. The molecule has 2 rings (SSSR count). The Kier molecular flexibility index (Phi) is 4.40. The normalized spacial score (nSPS) is 10.9. The number of rotatable bonds is 4. The van der Waals surface area contributed by atoms with E-state index in [1.807, 2.05) is 6.07 Å². The Morgan fingerprint density at radius 1 is 1.38 bits per heavy atom. The van der Waals surface area contributed by atoms with E-state index in [0.717, 1.165) is 18.2 Å². The minimum absolute atomic E-state index is 0.0688. The Morgan fingerprint density at radius 2 is 2.14 bits per heavy atom. The van der Waals surface area contributed by atoms with Crippen LogP contribution in [-0.2, 0) is 15.7 Å². The van der Waals surface area contributed by atoms with E-state index in [1.54, 1.807) is 12.1 Å². The summed E-state index contributed by atoms with van der Waals surface area (Å²) in [6.45, 7) is -0.0688. The maximum atomic E-state index is 13.7. The van der Waals surface area contributed by atoms with Gasteiger partial charge >= 0.3 is 0 Å². The average Bonchev–Trinajstić information content (AvgIpc) is 2.45. The van der Waals surface area contributed by atoms with Crippen molar-refractivity contribution in [3.8, 4) is 11.8 Å². The van der Waals surface area contributed by atoms with Gasteiger partial charge in [0.15, 0.2) is 11.6 Å². The van der Waals surface area contributed by atoms with Crippen LogP contribution in [0.5, 0.6) is 5.75 Å². The van der Waals surface area contributed by atoms with Crippen molar-refractivity contribution in [2.75, 3.05) is 0 Å². The molecule has 1 aromatic heterocycles. The lowest BCUT2D eigenvalue weighted by atomic mass is 10.2. The minimum atomic E-state index is -4.00. The molecule has 0 aliphatic rings. The van der Waals surface area contributed by atoms with E-state index in [-0.39, 0.29) is 22.9 Å². The average molecular weight is 327 g/mol. The van der Waals surface area contributed by atoms with Gasteiger partial charge in [-0.1, -0.05) is 6.07 Å². The van der Waals surface area contributed by atoms with Crippen LogP contribution in [-0.4, -0.2) is 13.4 Å². The quantitative estimate of drug-likeness (QED) is 0.807. The van der Waals surface area contributed by atoms with E-state index in [1.165, 1.54) is 6.20 Å². The molecule has 2 aromatic rings. The highest BCUT2D eigenvalue weighted by molar-refractivity contribution is 8.13. The van der Waals surface area contributed by atoms with Gasteiger partial charge in [0.05, 0.1) is 4.90 Å². The highest BCUT2D eigenvalue weighted by Gasteiger charge is 2.14. The SMILES string of the molecule is N#Cc1ncccc1COc1ccc(S(=O)(=O)Cl)cc1F. The predicted octanol–water partition coefficient (Wildman–Crippen LogP) is 2.60. The van der Waals surface area contributed by atoms with Crippen LogP contribution in [0, 0.1) is 17.1 Å². The predicted molar refractivity (Wildman–Crippen MR) is 72.7 cm³/mol. The fourth-order valence-corrected chi connectivity index (χ4v) is 2.32. The summed E-state index contributed by atoms with van der Waals surface area (Å²) < 4.78 is 41.1. The molecule has 0 aliphatic heterocycles. The monoisotopic (exact) mass is 326 g/mol. The first-order chi connectivity index (χ1) is 9.91. The van der Waals surface area contributed by atoms with Crippen molar-refractivity contribution in [1.29, 1.82) is 5.26 Å². The first-order valence-electron chi connectivity index (χ1n) is 5.63. The molecule has 0 fully saturated rings. The molecule has 0 amide bonds. The topological polar surface area (TPSA) is 80.0 Å². The van der Waals surface area contributed by atoms with E-state index in [0.29, 0.717) is 5.56 Å². The zero-order valence-corrected chi connectivity index (χ0v) is 12.0. The van der Waals surface area contributed by atoms with E-state index < -0.39 is 14.9 Å². The highest BCUT2D eigenvalue weighted by Crippen LogP contribution is 2.24. The summed E-state index contributed by atoms with van der Waals surface area (Å²) in [5, 5.41) is 8.87. The molecule has 1 aromatic carbocycles. The minimum Gasteiger partial charge on any atom is -0.486 e. The lowest BCUT2D eigenvalue weighted by Crippen LogP contribution is -2.02. The lowest BCUT2D eigenvalue weighted by molar-refractivity contribution is 0.289. The number of pyridine rings is 1. The lowest BCUT2D eigenvalue weighted by Gasteiger charge is -2.08. The Hall–Kier alpha value is -2.17. The number of hydrogen-bond donors (Lipinski definition) is 0. The Labute approximate surface area is 125 Å². The fraction of sp³-hybridized carbons (Fsp3) is 0.0769. The maximum absolute atomic E-state index is 13.7. The third kappa shape index (κ3) is 3.68. The van der Waals surface area contributed by atoms with Gasteiger partial charge < -0.3 is 4.74 Å². The number of hydrogen-bond acceptors (Lipinski definition) is 5. The third-order valence-corrected chi connectivity index (χ3v) is 3.92. The number of benzene rings is 1. The van der Waals surface area contributed by atoms with Crippen LogP contribution >= 0.6 is 10.7 Å². The van der Waals surface area contributed by atoms with Gasteiger partial charge in [0.25, 0.3) is 9.05 Å². The van der Waals surface area contributed by atoms with Crippen molar-refractivity contribution in [3.05, 3.63) is 53.6 Å². The summed E-state index contributed by atoms with van der Waals surface area (Å²) >= 11 is 0. The molecule has 0 spiro atoms. The smallest absolute Gasteiger partial charge is 0.261 e. The standard InChI is InChI=1S/C13H8ClFN2O3S/c14-21(18,19)10-3-4-13(11(15)6-10)20-8-9-2-1-5-17-12(9)7-16/h1-6H,8H2. The second-order valence-corrected chi connectivity index (χ2v) is 6.51. The Balaban J connectivity index is 2.20. The van der Waals surface area contributed by atoms with Gasteiger partial charge in [0.1, 0.15) is 18.4 Å². The van der Waals surface area contributed by atoms with E-state index in [2.05, 4.69) is 4.98 Å². The summed E-state index contributed by atoms with van der Waals surface area (Å²) in [5.41, 5.74) is 0.673. The number of aromatic nitrogens is 1. The van der Waals surface area contributed by atoms with E-state index in [4.69, 9.17) is 20.7 Å². The van der Waals surface area contributed by atoms with Gasteiger partial charge in [0, 0.05) is 22.4 Å². The molecule has 0 unspecified atom stereocenters. The molecule has 5 nitrogen and oxygen atoms in total. The molecular weight excluding hydrogens is 319 g/mol. The number of halogens is 2. The number of ether oxygens (including phenoxy) is 1. The Morgan fingerprint density at radius 3 is 2.76 bits per heavy atom. The second kappa shape index (κ2) is 6.08. The summed E-state index contributed by atoms with van der Waals surface area (Å²) in [7, 11) is 1.12. The van der Waals surface area contributed by atoms with Crippen molar-refractivity contribution in [2.24, 2.45) is 0 Å². The Bertz CT molecular complexity index is 818. The zero-order chi connectivity index (χ0) is 15.5. The van der Waals surface area contributed by atoms with E-state index in [9.17, 15) is 12.8 Å². The molecule has 0 saturated heterocycles.